The standard InChI is InChI=1S/C20H31N3O2/c1-3-22-12-9-17(10-13-22)21-20(24)15-23-11-5-8-19(23)16-6-4-7-18(14-16)25-2/h4,6-7,14,17,19H,3,5,8-13,15H2,1-2H3,(H,21,24). The van der Waals surface area contributed by atoms with Crippen molar-refractivity contribution in [2.45, 2.75) is 44.7 Å². The van der Waals surface area contributed by atoms with Crippen molar-refractivity contribution in [1.82, 2.24) is 15.1 Å². The van der Waals surface area contributed by atoms with E-state index < -0.39 is 0 Å². The second-order valence-corrected chi connectivity index (χ2v) is 7.18. The maximum atomic E-state index is 12.5. The molecule has 1 amide bonds. The van der Waals surface area contributed by atoms with Crippen LogP contribution in [-0.4, -0.2) is 61.6 Å². The van der Waals surface area contributed by atoms with Gasteiger partial charge in [0.2, 0.25) is 5.91 Å². The van der Waals surface area contributed by atoms with Crippen molar-refractivity contribution in [1.29, 1.82) is 0 Å². The molecule has 2 saturated heterocycles. The molecular weight excluding hydrogens is 314 g/mol. The molecule has 0 radical (unpaired) electrons. The fraction of sp³-hybridized carbons (Fsp3) is 0.650. The van der Waals surface area contributed by atoms with Crippen molar-refractivity contribution < 1.29 is 9.53 Å². The largest absolute Gasteiger partial charge is 0.497 e. The Morgan fingerprint density at radius 1 is 1.24 bits per heavy atom. The van der Waals surface area contributed by atoms with E-state index in [1.165, 1.54) is 5.56 Å². The van der Waals surface area contributed by atoms with E-state index in [-0.39, 0.29) is 5.91 Å². The summed E-state index contributed by atoms with van der Waals surface area (Å²) in [5, 5.41) is 3.25. The normalized spacial score (nSPS) is 22.9. The number of carbonyl (C=O) groups is 1. The number of carbonyl (C=O) groups excluding carboxylic acids is 1. The monoisotopic (exact) mass is 345 g/mol. The molecule has 2 fully saturated rings. The number of nitrogens with zero attached hydrogens (tertiary/aromatic N) is 2. The van der Waals surface area contributed by atoms with E-state index >= 15 is 0 Å². The topological polar surface area (TPSA) is 44.8 Å². The first-order valence-electron chi connectivity index (χ1n) is 9.59. The van der Waals surface area contributed by atoms with E-state index in [1.807, 2.05) is 12.1 Å². The molecule has 0 spiro atoms. The first-order valence-corrected chi connectivity index (χ1v) is 9.59. The van der Waals surface area contributed by atoms with Crippen molar-refractivity contribution in [3.63, 3.8) is 0 Å². The van der Waals surface area contributed by atoms with Gasteiger partial charge in [-0.05, 0) is 56.5 Å². The molecule has 0 aliphatic carbocycles. The summed E-state index contributed by atoms with van der Waals surface area (Å²) in [5.74, 6) is 1.06. The number of hydrogen-bond donors (Lipinski definition) is 1. The van der Waals surface area contributed by atoms with Gasteiger partial charge in [0.25, 0.3) is 0 Å². The lowest BCUT2D eigenvalue weighted by Gasteiger charge is -2.32. The molecule has 25 heavy (non-hydrogen) atoms. The van der Waals surface area contributed by atoms with Gasteiger partial charge in [-0.3, -0.25) is 9.69 Å². The highest BCUT2D eigenvalue weighted by atomic mass is 16.5. The van der Waals surface area contributed by atoms with Crippen LogP contribution in [0.25, 0.3) is 0 Å². The van der Waals surface area contributed by atoms with Gasteiger partial charge in [-0.1, -0.05) is 19.1 Å². The van der Waals surface area contributed by atoms with E-state index in [4.69, 9.17) is 4.74 Å². The van der Waals surface area contributed by atoms with Gasteiger partial charge in [0.15, 0.2) is 0 Å². The van der Waals surface area contributed by atoms with Crippen LogP contribution in [0.15, 0.2) is 24.3 Å². The number of ether oxygens (including phenoxy) is 1. The van der Waals surface area contributed by atoms with E-state index in [0.717, 1.165) is 57.6 Å². The molecular formula is C20H31N3O2. The van der Waals surface area contributed by atoms with Gasteiger partial charge in [-0.25, -0.2) is 0 Å². The van der Waals surface area contributed by atoms with Gasteiger partial charge in [0.05, 0.1) is 13.7 Å². The van der Waals surface area contributed by atoms with Gasteiger partial charge in [0, 0.05) is 25.2 Å². The van der Waals surface area contributed by atoms with E-state index in [0.29, 0.717) is 18.6 Å². The van der Waals surface area contributed by atoms with E-state index in [9.17, 15) is 4.79 Å². The van der Waals surface area contributed by atoms with Crippen LogP contribution in [0.1, 0.15) is 44.2 Å². The number of benzene rings is 1. The third kappa shape index (κ3) is 4.73. The Balaban J connectivity index is 1.53. The zero-order chi connectivity index (χ0) is 17.6. The number of methoxy groups -OCH3 is 1. The molecule has 0 saturated carbocycles. The van der Waals surface area contributed by atoms with Crippen molar-refractivity contribution in [2.75, 3.05) is 39.8 Å². The van der Waals surface area contributed by atoms with Crippen LogP contribution >= 0.6 is 0 Å². The summed E-state index contributed by atoms with van der Waals surface area (Å²) in [4.78, 5) is 17.3. The van der Waals surface area contributed by atoms with Gasteiger partial charge < -0.3 is 15.0 Å². The number of nitrogens with one attached hydrogen (secondary N) is 1. The summed E-state index contributed by atoms with van der Waals surface area (Å²) in [6.45, 7) is 6.98. The lowest BCUT2D eigenvalue weighted by Crippen LogP contribution is -2.47. The summed E-state index contributed by atoms with van der Waals surface area (Å²) in [5.41, 5.74) is 1.25. The second-order valence-electron chi connectivity index (χ2n) is 7.18. The lowest BCUT2D eigenvalue weighted by atomic mass is 10.0. The number of hydrogen-bond acceptors (Lipinski definition) is 4. The summed E-state index contributed by atoms with van der Waals surface area (Å²) < 4.78 is 5.35. The molecule has 1 N–H and O–H groups in total. The Morgan fingerprint density at radius 2 is 2.04 bits per heavy atom. The van der Waals surface area contributed by atoms with Crippen molar-refractivity contribution >= 4 is 5.91 Å². The fourth-order valence-electron chi connectivity index (χ4n) is 4.09. The minimum Gasteiger partial charge on any atom is -0.497 e. The number of rotatable bonds is 6. The first-order chi connectivity index (χ1) is 12.2. The molecule has 2 aliphatic rings. The van der Waals surface area contributed by atoms with Crippen LogP contribution in [0, 0.1) is 0 Å². The zero-order valence-corrected chi connectivity index (χ0v) is 15.5. The van der Waals surface area contributed by atoms with Crippen LogP contribution in [0.2, 0.25) is 0 Å². The first kappa shape index (κ1) is 18.2. The highest BCUT2D eigenvalue weighted by molar-refractivity contribution is 5.78. The van der Waals surface area contributed by atoms with Gasteiger partial charge >= 0.3 is 0 Å². The number of piperidine rings is 1. The molecule has 2 aliphatic heterocycles. The quantitative estimate of drug-likeness (QED) is 0.860. The second kappa shape index (κ2) is 8.68. The van der Waals surface area contributed by atoms with Gasteiger partial charge in [-0.2, -0.15) is 0 Å². The lowest BCUT2D eigenvalue weighted by molar-refractivity contribution is -0.123. The van der Waals surface area contributed by atoms with Crippen molar-refractivity contribution in [3.05, 3.63) is 29.8 Å². The third-order valence-corrected chi connectivity index (χ3v) is 5.59. The molecule has 0 aromatic heterocycles. The molecule has 0 bridgehead atoms. The fourth-order valence-corrected chi connectivity index (χ4v) is 4.09. The molecule has 5 heteroatoms. The molecule has 1 aromatic rings. The Morgan fingerprint density at radius 3 is 2.76 bits per heavy atom. The van der Waals surface area contributed by atoms with Crippen LogP contribution in [0.4, 0.5) is 0 Å². The smallest absolute Gasteiger partial charge is 0.234 e. The predicted molar refractivity (Wildman–Crippen MR) is 99.8 cm³/mol. The average Bonchev–Trinajstić information content (AvgIpc) is 3.10. The molecule has 1 aromatic carbocycles. The summed E-state index contributed by atoms with van der Waals surface area (Å²) in [6.07, 6.45) is 4.39. The number of amides is 1. The number of likely N-dealkylation sites (tertiary alicyclic amines) is 2. The Bertz CT molecular complexity index is 570. The molecule has 138 valence electrons. The highest BCUT2D eigenvalue weighted by Crippen LogP contribution is 2.33. The Hall–Kier alpha value is -1.59. The SMILES string of the molecule is CCN1CCC(NC(=O)CN2CCCC2c2cccc(OC)c2)CC1. The Labute approximate surface area is 151 Å². The molecule has 3 rings (SSSR count). The maximum Gasteiger partial charge on any atom is 0.234 e. The molecule has 2 heterocycles. The summed E-state index contributed by atoms with van der Waals surface area (Å²) in [7, 11) is 1.70. The summed E-state index contributed by atoms with van der Waals surface area (Å²) in [6, 6.07) is 8.91. The maximum absolute atomic E-state index is 12.5. The van der Waals surface area contributed by atoms with Crippen molar-refractivity contribution in [2.24, 2.45) is 0 Å². The van der Waals surface area contributed by atoms with Gasteiger partial charge in [0.1, 0.15) is 5.75 Å². The van der Waals surface area contributed by atoms with Crippen LogP contribution in [0.3, 0.4) is 0 Å². The summed E-state index contributed by atoms with van der Waals surface area (Å²) >= 11 is 0. The van der Waals surface area contributed by atoms with Gasteiger partial charge in [-0.15, -0.1) is 0 Å². The van der Waals surface area contributed by atoms with Crippen LogP contribution in [0.5, 0.6) is 5.75 Å². The molecule has 1 atom stereocenters. The molecule has 1 unspecified atom stereocenters. The highest BCUT2D eigenvalue weighted by Gasteiger charge is 2.28. The van der Waals surface area contributed by atoms with E-state index in [2.05, 4.69) is 34.2 Å². The van der Waals surface area contributed by atoms with Crippen LogP contribution in [-0.2, 0) is 4.79 Å². The minimum absolute atomic E-state index is 0.171. The van der Waals surface area contributed by atoms with E-state index in [1.54, 1.807) is 7.11 Å². The van der Waals surface area contributed by atoms with Crippen molar-refractivity contribution in [3.8, 4) is 5.75 Å². The van der Waals surface area contributed by atoms with Crippen LogP contribution < -0.4 is 10.1 Å². The third-order valence-electron chi connectivity index (χ3n) is 5.59. The zero-order valence-electron chi connectivity index (χ0n) is 15.5. The predicted octanol–water partition coefficient (Wildman–Crippen LogP) is 2.43. The average molecular weight is 345 g/mol. The minimum atomic E-state index is 0.171. The molecule has 5 nitrogen and oxygen atoms in total. The Kier molecular flexibility index (Phi) is 6.32.